The van der Waals surface area contributed by atoms with E-state index in [1.165, 1.54) is 0 Å². The summed E-state index contributed by atoms with van der Waals surface area (Å²) in [7, 11) is 0. The highest BCUT2D eigenvalue weighted by Gasteiger charge is 2.43. The number of hydrogen-bond acceptors (Lipinski definition) is 3. The van der Waals surface area contributed by atoms with E-state index >= 15 is 0 Å². The summed E-state index contributed by atoms with van der Waals surface area (Å²) in [6, 6.07) is -0.463. The number of rotatable bonds is 2. The van der Waals surface area contributed by atoms with Crippen molar-refractivity contribution in [3.8, 4) is 0 Å². The van der Waals surface area contributed by atoms with Crippen LogP contribution in [0, 0.1) is 0 Å². The van der Waals surface area contributed by atoms with Gasteiger partial charge in [0.05, 0.1) is 6.54 Å². The van der Waals surface area contributed by atoms with Crippen LogP contribution in [-0.2, 0) is 9.59 Å². The molecule has 104 valence electrons. The molecule has 1 aliphatic heterocycles. The van der Waals surface area contributed by atoms with Crippen molar-refractivity contribution in [2.45, 2.75) is 31.5 Å². The Balaban J connectivity index is 2.64. The first kappa shape index (κ1) is 14.7. The molecule has 0 spiro atoms. The zero-order valence-electron chi connectivity index (χ0n) is 9.79. The Hall–Kier alpha value is -1.31. The normalized spacial score (nSPS) is 21.3. The van der Waals surface area contributed by atoms with Gasteiger partial charge in [0.15, 0.2) is 0 Å². The minimum Gasteiger partial charge on any atom is -0.350 e. The molecule has 2 amide bonds. The summed E-state index contributed by atoms with van der Waals surface area (Å²) in [5.74, 6) is -2.28. The van der Waals surface area contributed by atoms with Crippen LogP contribution < -0.4 is 11.1 Å². The van der Waals surface area contributed by atoms with E-state index in [4.69, 9.17) is 5.73 Å². The van der Waals surface area contributed by atoms with Crippen molar-refractivity contribution in [1.82, 2.24) is 10.2 Å². The molecular formula is C10H16F3N3O2. The molecule has 5 nitrogen and oxygen atoms in total. The van der Waals surface area contributed by atoms with Crippen LogP contribution in [0.25, 0.3) is 0 Å². The number of carbonyl (C=O) groups is 2. The van der Waals surface area contributed by atoms with E-state index in [1.807, 2.05) is 0 Å². The van der Waals surface area contributed by atoms with Crippen LogP contribution >= 0.6 is 0 Å². The number of alkyl halides is 3. The zero-order chi connectivity index (χ0) is 13.8. The van der Waals surface area contributed by atoms with E-state index in [9.17, 15) is 22.8 Å². The Kier molecular flexibility index (Phi) is 4.94. The van der Waals surface area contributed by atoms with Gasteiger partial charge in [0.1, 0.15) is 0 Å². The van der Waals surface area contributed by atoms with Gasteiger partial charge in [0.2, 0.25) is 5.91 Å². The molecule has 1 atom stereocenters. The molecule has 0 radical (unpaired) electrons. The molecule has 1 fully saturated rings. The summed E-state index contributed by atoms with van der Waals surface area (Å²) in [6.07, 6.45) is -3.16. The number of likely N-dealkylation sites (tertiary alicyclic amines) is 1. The second-order valence-electron chi connectivity index (χ2n) is 4.21. The summed E-state index contributed by atoms with van der Waals surface area (Å²) in [6.45, 7) is -0.277. The third-order valence-corrected chi connectivity index (χ3v) is 2.75. The van der Waals surface area contributed by atoms with Crippen LogP contribution in [0.4, 0.5) is 13.2 Å². The monoisotopic (exact) mass is 267 g/mol. The maximum Gasteiger partial charge on any atom is 0.471 e. The Labute approximate surface area is 102 Å². The summed E-state index contributed by atoms with van der Waals surface area (Å²) >= 11 is 0. The molecule has 1 heterocycles. The molecular weight excluding hydrogens is 251 g/mol. The van der Waals surface area contributed by atoms with Gasteiger partial charge in [-0.05, 0) is 19.3 Å². The van der Waals surface area contributed by atoms with Gasteiger partial charge in [-0.2, -0.15) is 13.2 Å². The molecule has 0 aromatic carbocycles. The first-order valence-electron chi connectivity index (χ1n) is 5.70. The second kappa shape index (κ2) is 6.03. The summed E-state index contributed by atoms with van der Waals surface area (Å²) in [5, 5.41) is 2.52. The molecule has 1 saturated heterocycles. The lowest BCUT2D eigenvalue weighted by molar-refractivity contribution is -0.185. The van der Waals surface area contributed by atoms with E-state index in [0.29, 0.717) is 19.3 Å². The summed E-state index contributed by atoms with van der Waals surface area (Å²) < 4.78 is 37.0. The number of nitrogens with zero attached hydrogens (tertiary/aromatic N) is 1. The lowest BCUT2D eigenvalue weighted by Gasteiger charge is -2.25. The lowest BCUT2D eigenvalue weighted by Crippen LogP contribution is -2.49. The van der Waals surface area contributed by atoms with Gasteiger partial charge in [-0.25, -0.2) is 0 Å². The minimum absolute atomic E-state index is 0.0628. The molecule has 1 rings (SSSR count). The summed E-state index contributed by atoms with van der Waals surface area (Å²) in [5.41, 5.74) is 5.12. The number of hydrogen-bond donors (Lipinski definition) is 2. The molecule has 8 heteroatoms. The molecule has 18 heavy (non-hydrogen) atoms. The highest BCUT2D eigenvalue weighted by molar-refractivity contribution is 5.82. The Morgan fingerprint density at radius 1 is 1.33 bits per heavy atom. The van der Waals surface area contributed by atoms with Gasteiger partial charge >= 0.3 is 12.1 Å². The molecule has 0 aromatic heterocycles. The van der Waals surface area contributed by atoms with Crippen molar-refractivity contribution < 1.29 is 22.8 Å². The van der Waals surface area contributed by atoms with Crippen LogP contribution in [0.3, 0.4) is 0 Å². The Morgan fingerprint density at radius 3 is 2.56 bits per heavy atom. The molecule has 0 bridgehead atoms. The van der Waals surface area contributed by atoms with Gasteiger partial charge in [-0.15, -0.1) is 0 Å². The van der Waals surface area contributed by atoms with Crippen molar-refractivity contribution >= 4 is 11.8 Å². The van der Waals surface area contributed by atoms with Crippen molar-refractivity contribution in [2.75, 3.05) is 19.6 Å². The summed E-state index contributed by atoms with van der Waals surface area (Å²) in [4.78, 5) is 23.0. The number of halogens is 3. The molecule has 1 unspecified atom stereocenters. The third-order valence-electron chi connectivity index (χ3n) is 2.75. The minimum atomic E-state index is -4.87. The average Bonchev–Trinajstić information content (AvgIpc) is 2.52. The van der Waals surface area contributed by atoms with Crippen LogP contribution in [0.2, 0.25) is 0 Å². The van der Waals surface area contributed by atoms with Gasteiger partial charge in [0, 0.05) is 19.1 Å². The van der Waals surface area contributed by atoms with Crippen LogP contribution in [0.1, 0.15) is 19.3 Å². The molecule has 1 aliphatic rings. The predicted molar refractivity (Wildman–Crippen MR) is 57.5 cm³/mol. The fraction of sp³-hybridized carbons (Fsp3) is 0.800. The highest BCUT2D eigenvalue weighted by atomic mass is 19.4. The molecule has 0 aromatic rings. The largest absolute Gasteiger partial charge is 0.471 e. The fourth-order valence-corrected chi connectivity index (χ4v) is 1.91. The lowest BCUT2D eigenvalue weighted by atomic mass is 10.1. The van der Waals surface area contributed by atoms with E-state index in [-0.39, 0.29) is 19.6 Å². The third kappa shape index (κ3) is 4.17. The molecule has 0 saturated carbocycles. The smallest absolute Gasteiger partial charge is 0.350 e. The van der Waals surface area contributed by atoms with E-state index in [2.05, 4.69) is 5.32 Å². The van der Waals surface area contributed by atoms with Crippen molar-refractivity contribution in [2.24, 2.45) is 5.73 Å². The molecule has 0 aliphatic carbocycles. The topological polar surface area (TPSA) is 75.4 Å². The SMILES string of the molecule is NCC(=O)NC1CCCCN(C(=O)C(F)(F)F)C1. The first-order chi connectivity index (χ1) is 8.34. The number of carbonyl (C=O) groups excluding carboxylic acids is 2. The number of nitrogens with two attached hydrogens (primary N) is 1. The quantitative estimate of drug-likeness (QED) is 0.739. The van der Waals surface area contributed by atoms with E-state index < -0.39 is 24.0 Å². The first-order valence-corrected chi connectivity index (χ1v) is 5.70. The van der Waals surface area contributed by atoms with Crippen LogP contribution in [0.5, 0.6) is 0 Å². The highest BCUT2D eigenvalue weighted by Crippen LogP contribution is 2.21. The Bertz CT molecular complexity index is 320. The van der Waals surface area contributed by atoms with E-state index in [0.717, 1.165) is 4.90 Å². The Morgan fingerprint density at radius 2 is 2.00 bits per heavy atom. The standard InChI is InChI=1S/C10H16F3N3O2/c11-10(12,13)9(18)16-4-2-1-3-7(6-16)15-8(17)5-14/h7H,1-6,14H2,(H,15,17). The molecule has 3 N–H and O–H groups in total. The maximum absolute atomic E-state index is 12.3. The number of nitrogens with one attached hydrogen (secondary N) is 1. The maximum atomic E-state index is 12.3. The van der Waals surface area contributed by atoms with Gasteiger partial charge < -0.3 is 16.0 Å². The van der Waals surface area contributed by atoms with Gasteiger partial charge in [0.25, 0.3) is 0 Å². The number of amides is 2. The van der Waals surface area contributed by atoms with Gasteiger partial charge in [-0.3, -0.25) is 9.59 Å². The van der Waals surface area contributed by atoms with Gasteiger partial charge in [-0.1, -0.05) is 0 Å². The van der Waals surface area contributed by atoms with E-state index in [1.54, 1.807) is 0 Å². The fourth-order valence-electron chi connectivity index (χ4n) is 1.91. The van der Waals surface area contributed by atoms with Crippen LogP contribution in [0.15, 0.2) is 0 Å². The average molecular weight is 267 g/mol. The second-order valence-corrected chi connectivity index (χ2v) is 4.21. The zero-order valence-corrected chi connectivity index (χ0v) is 9.79. The predicted octanol–water partition coefficient (Wildman–Crippen LogP) is 0.00470. The van der Waals surface area contributed by atoms with Crippen molar-refractivity contribution in [1.29, 1.82) is 0 Å². The van der Waals surface area contributed by atoms with Crippen molar-refractivity contribution in [3.63, 3.8) is 0 Å². The van der Waals surface area contributed by atoms with Crippen molar-refractivity contribution in [3.05, 3.63) is 0 Å². The van der Waals surface area contributed by atoms with Crippen LogP contribution in [-0.4, -0.2) is 48.6 Å².